The quantitative estimate of drug-likeness (QED) is 0.524. The molecule has 2 aromatic heterocycles. The van der Waals surface area contributed by atoms with Crippen LogP contribution in [0.2, 0.25) is 10.0 Å². The molecule has 30 heavy (non-hydrogen) atoms. The number of thiophene rings is 1. The Hall–Kier alpha value is -2.39. The summed E-state index contributed by atoms with van der Waals surface area (Å²) in [6.07, 6.45) is 3.57. The molecule has 1 unspecified atom stereocenters. The van der Waals surface area contributed by atoms with E-state index in [0.717, 1.165) is 31.3 Å². The molecule has 1 atom stereocenters. The molecule has 5 rings (SSSR count). The summed E-state index contributed by atoms with van der Waals surface area (Å²) >= 11 is 13.6. The van der Waals surface area contributed by atoms with Gasteiger partial charge in [0.15, 0.2) is 0 Å². The Kier molecular flexibility index (Phi) is 5.02. The van der Waals surface area contributed by atoms with E-state index in [0.29, 0.717) is 36.8 Å². The number of rotatable bonds is 3. The molecular formula is C20H17Cl2N5O2S. The van der Waals surface area contributed by atoms with Crippen molar-refractivity contribution in [3.05, 3.63) is 45.4 Å². The van der Waals surface area contributed by atoms with E-state index in [9.17, 15) is 9.59 Å². The highest BCUT2D eigenvalue weighted by molar-refractivity contribution is 7.21. The van der Waals surface area contributed by atoms with E-state index in [4.69, 9.17) is 23.2 Å². The zero-order chi connectivity index (χ0) is 20.8. The molecule has 10 heteroatoms. The fraction of sp³-hybridized carbons (Fsp3) is 0.250. The Morgan fingerprint density at radius 2 is 2.07 bits per heavy atom. The van der Waals surface area contributed by atoms with Gasteiger partial charge in [0.1, 0.15) is 9.71 Å². The molecule has 0 spiro atoms. The second kappa shape index (κ2) is 7.70. The third-order valence-electron chi connectivity index (χ3n) is 5.19. The molecule has 3 aromatic rings. The number of urea groups is 1. The largest absolute Gasteiger partial charge is 0.347 e. The van der Waals surface area contributed by atoms with Crippen LogP contribution in [-0.4, -0.2) is 36.1 Å². The van der Waals surface area contributed by atoms with Crippen LogP contribution in [0, 0.1) is 0 Å². The van der Waals surface area contributed by atoms with Crippen LogP contribution in [0.4, 0.5) is 21.9 Å². The molecular weight excluding hydrogens is 445 g/mol. The third-order valence-corrected chi connectivity index (χ3v) is 6.72. The predicted octanol–water partition coefficient (Wildman–Crippen LogP) is 4.77. The molecule has 0 bridgehead atoms. The van der Waals surface area contributed by atoms with E-state index >= 15 is 0 Å². The van der Waals surface area contributed by atoms with E-state index in [1.165, 1.54) is 16.2 Å². The molecule has 2 aliphatic rings. The monoisotopic (exact) mass is 461 g/mol. The number of hydrogen-bond acceptors (Lipinski definition) is 5. The molecule has 1 fully saturated rings. The van der Waals surface area contributed by atoms with Crippen molar-refractivity contribution in [3.8, 4) is 0 Å². The Balaban J connectivity index is 1.58. The van der Waals surface area contributed by atoms with Crippen molar-refractivity contribution in [1.82, 2.24) is 15.6 Å². The van der Waals surface area contributed by atoms with Crippen molar-refractivity contribution >= 4 is 73.8 Å². The van der Waals surface area contributed by atoms with Gasteiger partial charge in [-0.1, -0.05) is 23.2 Å². The summed E-state index contributed by atoms with van der Waals surface area (Å²) in [6.45, 7) is 1.71. The first-order valence-corrected chi connectivity index (χ1v) is 11.1. The number of anilines is 3. The molecule has 3 N–H and O–H groups in total. The first-order valence-electron chi connectivity index (χ1n) is 9.51. The van der Waals surface area contributed by atoms with Crippen LogP contribution in [-0.2, 0) is 0 Å². The minimum absolute atomic E-state index is 0.0699. The fourth-order valence-electron chi connectivity index (χ4n) is 3.90. The lowest BCUT2D eigenvalue weighted by atomic mass is 10.1. The van der Waals surface area contributed by atoms with Gasteiger partial charge in [0.2, 0.25) is 0 Å². The van der Waals surface area contributed by atoms with Crippen molar-refractivity contribution in [3.63, 3.8) is 0 Å². The van der Waals surface area contributed by atoms with Crippen LogP contribution < -0.4 is 20.9 Å². The van der Waals surface area contributed by atoms with E-state index in [1.807, 2.05) is 0 Å². The standard InChI is InChI=1S/C20H17Cl2N5O2S/c21-10-6-11(22)8-13(7-10)27-14-3-5-24-19-15(14)16(26-20(27)29)17(30-19)18(28)25-12-2-1-4-23-9-12/h3,5-8,12,23H,1-2,4,9H2,(H,25,28)(H,26,29). The fourth-order valence-corrected chi connectivity index (χ4v) is 5.43. The van der Waals surface area contributed by atoms with Gasteiger partial charge in [-0.25, -0.2) is 9.78 Å². The summed E-state index contributed by atoms with van der Waals surface area (Å²) in [5.41, 5.74) is 1.66. The van der Waals surface area contributed by atoms with Crippen molar-refractivity contribution < 1.29 is 9.59 Å². The Morgan fingerprint density at radius 3 is 2.80 bits per heavy atom. The van der Waals surface area contributed by atoms with Gasteiger partial charge in [0, 0.05) is 28.8 Å². The van der Waals surface area contributed by atoms with Gasteiger partial charge < -0.3 is 16.0 Å². The minimum atomic E-state index is -0.389. The van der Waals surface area contributed by atoms with E-state index in [2.05, 4.69) is 20.9 Å². The Labute approximate surface area is 186 Å². The minimum Gasteiger partial charge on any atom is -0.347 e. The number of piperidine rings is 1. The highest BCUT2D eigenvalue weighted by atomic mass is 35.5. The zero-order valence-electron chi connectivity index (χ0n) is 15.7. The number of carbonyl (C=O) groups excluding carboxylic acids is 2. The second-order valence-electron chi connectivity index (χ2n) is 7.23. The zero-order valence-corrected chi connectivity index (χ0v) is 18.0. The van der Waals surface area contributed by atoms with Crippen LogP contribution in [0.15, 0.2) is 30.5 Å². The maximum absolute atomic E-state index is 13.1. The predicted molar refractivity (Wildman–Crippen MR) is 121 cm³/mol. The average Bonchev–Trinajstić information content (AvgIpc) is 3.08. The maximum Gasteiger partial charge on any atom is 0.331 e. The summed E-state index contributed by atoms with van der Waals surface area (Å²) in [7, 11) is 0. The molecule has 3 amide bonds. The van der Waals surface area contributed by atoms with Gasteiger partial charge in [-0.15, -0.1) is 11.3 Å². The molecule has 1 saturated heterocycles. The van der Waals surface area contributed by atoms with Crippen LogP contribution in [0.1, 0.15) is 22.5 Å². The van der Waals surface area contributed by atoms with E-state index < -0.39 is 0 Å². The number of hydrogen-bond donors (Lipinski definition) is 3. The number of nitrogens with one attached hydrogen (secondary N) is 3. The first-order chi connectivity index (χ1) is 14.5. The van der Waals surface area contributed by atoms with E-state index in [1.54, 1.807) is 30.5 Å². The number of carbonyl (C=O) groups is 2. The van der Waals surface area contributed by atoms with Crippen LogP contribution in [0.25, 0.3) is 10.2 Å². The van der Waals surface area contributed by atoms with Gasteiger partial charge >= 0.3 is 6.03 Å². The van der Waals surface area contributed by atoms with Crippen LogP contribution >= 0.6 is 34.5 Å². The van der Waals surface area contributed by atoms with Crippen molar-refractivity contribution in [2.45, 2.75) is 18.9 Å². The van der Waals surface area contributed by atoms with Gasteiger partial charge in [0.25, 0.3) is 5.91 Å². The van der Waals surface area contributed by atoms with Gasteiger partial charge in [-0.05, 0) is 43.7 Å². The second-order valence-corrected chi connectivity index (χ2v) is 9.10. The summed E-state index contributed by atoms with van der Waals surface area (Å²) < 4.78 is 0. The number of pyridine rings is 1. The lowest BCUT2D eigenvalue weighted by Gasteiger charge is -2.29. The summed E-state index contributed by atoms with van der Waals surface area (Å²) in [4.78, 5) is 33.1. The topological polar surface area (TPSA) is 86.4 Å². The number of halogens is 2. The molecule has 154 valence electrons. The Morgan fingerprint density at radius 1 is 1.27 bits per heavy atom. The molecule has 0 radical (unpaired) electrons. The Bertz CT molecular complexity index is 1160. The number of aromatic nitrogens is 1. The molecule has 0 saturated carbocycles. The lowest BCUT2D eigenvalue weighted by molar-refractivity contribution is 0.0935. The molecule has 1 aromatic carbocycles. The van der Waals surface area contributed by atoms with Crippen molar-refractivity contribution in [2.75, 3.05) is 23.3 Å². The lowest BCUT2D eigenvalue weighted by Crippen LogP contribution is -2.45. The van der Waals surface area contributed by atoms with Gasteiger partial charge in [-0.3, -0.25) is 9.69 Å². The average molecular weight is 462 g/mol. The number of benzene rings is 1. The SMILES string of the molecule is O=C(NC1CCCNC1)c1sc2nccc3c2c1NC(=O)N3c1cc(Cl)cc(Cl)c1. The van der Waals surface area contributed by atoms with Gasteiger partial charge in [-0.2, -0.15) is 0 Å². The number of nitrogens with zero attached hydrogens (tertiary/aromatic N) is 2. The van der Waals surface area contributed by atoms with Crippen molar-refractivity contribution in [1.29, 1.82) is 0 Å². The molecule has 7 nitrogen and oxygen atoms in total. The van der Waals surface area contributed by atoms with Crippen LogP contribution in [0.5, 0.6) is 0 Å². The molecule has 4 heterocycles. The highest BCUT2D eigenvalue weighted by Gasteiger charge is 2.33. The number of amides is 3. The maximum atomic E-state index is 13.1. The first kappa shape index (κ1) is 19.6. The highest BCUT2D eigenvalue weighted by Crippen LogP contribution is 2.46. The summed E-state index contributed by atoms with van der Waals surface area (Å²) in [6, 6.07) is 6.37. The van der Waals surface area contributed by atoms with E-state index in [-0.39, 0.29) is 18.0 Å². The smallest absolute Gasteiger partial charge is 0.331 e. The molecule has 2 aliphatic heterocycles. The normalized spacial score (nSPS) is 18.4. The molecule has 0 aliphatic carbocycles. The van der Waals surface area contributed by atoms with Crippen molar-refractivity contribution in [2.24, 2.45) is 0 Å². The summed E-state index contributed by atoms with van der Waals surface area (Å²) in [5.74, 6) is -0.202. The third kappa shape index (κ3) is 3.39. The van der Waals surface area contributed by atoms with Gasteiger partial charge in [0.05, 0.1) is 22.4 Å². The summed E-state index contributed by atoms with van der Waals surface area (Å²) in [5, 5.41) is 10.8. The van der Waals surface area contributed by atoms with Crippen LogP contribution in [0.3, 0.4) is 0 Å².